The molecule has 0 saturated carbocycles. The molecule has 0 spiro atoms. The van der Waals surface area contributed by atoms with Crippen LogP contribution in [0.15, 0.2) is 35.3 Å². The van der Waals surface area contributed by atoms with Crippen molar-refractivity contribution in [2.75, 3.05) is 0 Å². The predicted octanol–water partition coefficient (Wildman–Crippen LogP) is 2.89. The van der Waals surface area contributed by atoms with Crippen LogP contribution in [0.25, 0.3) is 0 Å². The summed E-state index contributed by atoms with van der Waals surface area (Å²) in [5.41, 5.74) is 0.933. The summed E-state index contributed by atoms with van der Waals surface area (Å²) in [4.78, 5) is 35.3. The molecule has 0 saturated heterocycles. The highest BCUT2D eigenvalue weighted by molar-refractivity contribution is 6.41. The number of hydrogen-bond acceptors (Lipinski definition) is 4. The lowest BCUT2D eigenvalue weighted by atomic mass is 10.0. The van der Waals surface area contributed by atoms with E-state index >= 15 is 0 Å². The third-order valence-electron chi connectivity index (χ3n) is 3.83. The lowest BCUT2D eigenvalue weighted by Gasteiger charge is -2.12. The van der Waals surface area contributed by atoms with Gasteiger partial charge in [-0.05, 0) is 25.3 Å². The second-order valence-electron chi connectivity index (χ2n) is 6.03. The van der Waals surface area contributed by atoms with Crippen LogP contribution in [0.3, 0.4) is 0 Å². The van der Waals surface area contributed by atoms with Gasteiger partial charge in [-0.1, -0.05) is 47.5 Å². The van der Waals surface area contributed by atoms with Crippen LogP contribution >= 0.6 is 23.2 Å². The summed E-state index contributed by atoms with van der Waals surface area (Å²) in [6.07, 6.45) is 2.82. The molecular weight excluding hydrogens is 377 g/mol. The topological polar surface area (TPSA) is 81.1 Å². The van der Waals surface area contributed by atoms with E-state index in [9.17, 15) is 14.4 Å². The van der Waals surface area contributed by atoms with E-state index in [0.29, 0.717) is 5.56 Å². The van der Waals surface area contributed by atoms with E-state index in [-0.39, 0.29) is 34.3 Å². The van der Waals surface area contributed by atoms with Crippen LogP contribution in [-0.2, 0) is 17.8 Å². The average molecular weight is 396 g/mol. The second kappa shape index (κ2) is 8.96. The maximum Gasteiger partial charge on any atom is 0.287 e. The van der Waals surface area contributed by atoms with Crippen molar-refractivity contribution in [1.29, 1.82) is 0 Å². The number of benzene rings is 1. The van der Waals surface area contributed by atoms with Crippen molar-refractivity contribution in [1.82, 2.24) is 15.1 Å². The van der Waals surface area contributed by atoms with E-state index in [0.717, 1.165) is 23.1 Å². The molecule has 0 fully saturated rings. The summed E-state index contributed by atoms with van der Waals surface area (Å²) in [7, 11) is 0. The van der Waals surface area contributed by atoms with Crippen molar-refractivity contribution >= 4 is 34.9 Å². The van der Waals surface area contributed by atoms with Crippen LogP contribution in [0.1, 0.15) is 36.2 Å². The van der Waals surface area contributed by atoms with Crippen LogP contribution in [0.4, 0.5) is 0 Å². The number of nitrogens with one attached hydrogen (secondary N) is 1. The Morgan fingerprint density at radius 3 is 2.50 bits per heavy atom. The minimum atomic E-state index is -0.601. The van der Waals surface area contributed by atoms with Gasteiger partial charge in [0.25, 0.3) is 5.56 Å². The average Bonchev–Trinajstić information content (AvgIpc) is 2.60. The molecule has 2 rings (SSSR count). The number of carbonyl (C=O) groups excluding carboxylic acids is 2. The van der Waals surface area contributed by atoms with Crippen molar-refractivity contribution in [3.63, 3.8) is 0 Å². The first kappa shape index (κ1) is 20.1. The Morgan fingerprint density at radius 2 is 1.88 bits per heavy atom. The summed E-state index contributed by atoms with van der Waals surface area (Å²) in [6, 6.07) is 7.23. The molecule has 6 nitrogen and oxygen atoms in total. The monoisotopic (exact) mass is 395 g/mol. The molecule has 1 aromatic carbocycles. The molecule has 1 N–H and O–H groups in total. The number of hydrogen-bond donors (Lipinski definition) is 1. The van der Waals surface area contributed by atoms with Crippen LogP contribution in [0.2, 0.25) is 10.0 Å². The number of halogens is 2. The van der Waals surface area contributed by atoms with Gasteiger partial charge < -0.3 is 5.32 Å². The maximum atomic E-state index is 12.3. The quantitative estimate of drug-likeness (QED) is 0.730. The lowest BCUT2D eigenvalue weighted by Crippen LogP contribution is -2.30. The number of ketones is 1. The van der Waals surface area contributed by atoms with Crippen molar-refractivity contribution in [2.24, 2.45) is 0 Å². The van der Waals surface area contributed by atoms with Crippen LogP contribution in [0, 0.1) is 0 Å². The molecule has 2 aromatic rings. The fourth-order valence-corrected chi connectivity index (χ4v) is 2.72. The third kappa shape index (κ3) is 5.41. The third-order valence-corrected chi connectivity index (χ3v) is 4.58. The molecule has 0 bridgehead atoms. The molecule has 138 valence electrons. The molecule has 0 radical (unpaired) electrons. The lowest BCUT2D eigenvalue weighted by molar-refractivity contribution is -0.119. The molecule has 0 aliphatic rings. The molecule has 1 unspecified atom stereocenters. The van der Waals surface area contributed by atoms with Crippen LogP contribution < -0.4 is 10.9 Å². The van der Waals surface area contributed by atoms with E-state index in [2.05, 4.69) is 10.4 Å². The number of Topliss-reactive ketones (excluding diaryl/α,β-unsaturated/α-hetero) is 1. The van der Waals surface area contributed by atoms with E-state index in [4.69, 9.17) is 23.2 Å². The minimum absolute atomic E-state index is 0.0513. The van der Waals surface area contributed by atoms with E-state index in [1.54, 1.807) is 12.1 Å². The number of amides is 1. The fourth-order valence-electron chi connectivity index (χ4n) is 2.44. The molecule has 0 aliphatic heterocycles. The minimum Gasteiger partial charge on any atom is -0.354 e. The number of carbonyl (C=O) groups is 2. The molecule has 1 amide bonds. The van der Waals surface area contributed by atoms with E-state index in [1.165, 1.54) is 13.1 Å². The van der Waals surface area contributed by atoms with Crippen LogP contribution in [0.5, 0.6) is 0 Å². The number of aromatic nitrogens is 2. The first-order valence-electron chi connectivity index (χ1n) is 8.08. The standard InChI is InChI=1S/C18H19Cl2N3O3/c1-11(22-12(2)24)3-4-13-5-7-14(8-6-13)16(25)10-23-18(26)17(20)15(19)9-21-23/h5-9,11H,3-4,10H2,1-2H3,(H,22,24). The van der Waals surface area contributed by atoms with Crippen molar-refractivity contribution in [3.05, 3.63) is 62.0 Å². The van der Waals surface area contributed by atoms with Gasteiger partial charge in [0.15, 0.2) is 5.78 Å². The second-order valence-corrected chi connectivity index (χ2v) is 6.81. The molecule has 8 heteroatoms. The fraction of sp³-hybridized carbons (Fsp3) is 0.333. The zero-order valence-corrected chi connectivity index (χ0v) is 16.0. The molecule has 26 heavy (non-hydrogen) atoms. The highest BCUT2D eigenvalue weighted by atomic mass is 35.5. The molecular formula is C18H19Cl2N3O3. The summed E-state index contributed by atoms with van der Waals surface area (Å²) in [5, 5.41) is 6.56. The Balaban J connectivity index is 1.99. The maximum absolute atomic E-state index is 12.3. The van der Waals surface area contributed by atoms with Gasteiger partial charge in [0.05, 0.1) is 11.2 Å². The van der Waals surface area contributed by atoms with E-state index in [1.807, 2.05) is 19.1 Å². The first-order valence-corrected chi connectivity index (χ1v) is 8.84. The van der Waals surface area contributed by atoms with Crippen molar-refractivity contribution in [3.8, 4) is 0 Å². The van der Waals surface area contributed by atoms with Crippen LogP contribution in [-0.4, -0.2) is 27.5 Å². The molecule has 1 aromatic heterocycles. The van der Waals surface area contributed by atoms with Gasteiger partial charge in [-0.2, -0.15) is 5.10 Å². The van der Waals surface area contributed by atoms with Crippen molar-refractivity contribution < 1.29 is 9.59 Å². The Hall–Kier alpha value is -2.18. The van der Waals surface area contributed by atoms with Gasteiger partial charge in [0, 0.05) is 18.5 Å². The Morgan fingerprint density at radius 1 is 1.23 bits per heavy atom. The molecule has 1 heterocycles. The summed E-state index contributed by atoms with van der Waals surface area (Å²) >= 11 is 11.5. The number of rotatable bonds is 7. The van der Waals surface area contributed by atoms with Gasteiger partial charge in [0.2, 0.25) is 5.91 Å². The summed E-state index contributed by atoms with van der Waals surface area (Å²) < 4.78 is 0.986. The van der Waals surface area contributed by atoms with Crippen molar-refractivity contribution in [2.45, 2.75) is 39.3 Å². The summed E-state index contributed by atoms with van der Waals surface area (Å²) in [5.74, 6) is -0.305. The molecule has 0 aliphatic carbocycles. The van der Waals surface area contributed by atoms with Gasteiger partial charge >= 0.3 is 0 Å². The molecule has 1 atom stereocenters. The highest BCUT2D eigenvalue weighted by Crippen LogP contribution is 2.15. The Kier molecular flexibility index (Phi) is 6.94. The van der Waals surface area contributed by atoms with Gasteiger partial charge in [-0.25, -0.2) is 4.68 Å². The van der Waals surface area contributed by atoms with Gasteiger partial charge in [-0.3, -0.25) is 14.4 Å². The van der Waals surface area contributed by atoms with Gasteiger partial charge in [0.1, 0.15) is 11.6 Å². The highest BCUT2D eigenvalue weighted by Gasteiger charge is 2.12. The zero-order chi connectivity index (χ0) is 19.3. The normalized spacial score (nSPS) is 11.8. The largest absolute Gasteiger partial charge is 0.354 e. The van der Waals surface area contributed by atoms with E-state index < -0.39 is 5.56 Å². The SMILES string of the molecule is CC(=O)NC(C)CCc1ccc(C(=O)Cn2ncc(Cl)c(Cl)c2=O)cc1. The first-order chi connectivity index (χ1) is 12.3. The number of nitrogens with zero attached hydrogens (tertiary/aromatic N) is 2. The summed E-state index contributed by atoms with van der Waals surface area (Å²) in [6.45, 7) is 3.22. The number of aryl methyl sites for hydroxylation is 1. The van der Waals surface area contributed by atoms with Gasteiger partial charge in [-0.15, -0.1) is 0 Å². The Labute approximate surface area is 161 Å². The zero-order valence-electron chi connectivity index (χ0n) is 14.5. The predicted molar refractivity (Wildman–Crippen MR) is 101 cm³/mol. The smallest absolute Gasteiger partial charge is 0.287 e. The Bertz CT molecular complexity index is 863.